The molecule has 4 nitrogen and oxygen atoms in total. The number of thioether (sulfide) groups is 2. The Bertz CT molecular complexity index is 250. The molecule has 0 spiro atoms. The minimum absolute atomic E-state index is 0.209. The smallest absolute Gasteiger partial charge is 0.374 e. The molecule has 0 heterocycles. The fourth-order valence-electron chi connectivity index (χ4n) is 1.87. The first-order valence-electron chi connectivity index (χ1n) is 7.73. The third kappa shape index (κ3) is 11.7. The van der Waals surface area contributed by atoms with Gasteiger partial charge in [-0.2, -0.15) is 11.8 Å². The monoisotopic (exact) mass is 354 g/mol. The third-order valence-corrected chi connectivity index (χ3v) is 7.81. The lowest BCUT2D eigenvalue weighted by Gasteiger charge is -2.28. The summed E-state index contributed by atoms with van der Waals surface area (Å²) in [6, 6.07) is 0.887. The van der Waals surface area contributed by atoms with Gasteiger partial charge in [0, 0.05) is 38.5 Å². The van der Waals surface area contributed by atoms with E-state index in [9.17, 15) is 4.79 Å². The maximum Gasteiger partial charge on any atom is 0.500 e. The predicted molar refractivity (Wildman–Crippen MR) is 95.1 cm³/mol. The highest BCUT2D eigenvalue weighted by atomic mass is 32.2. The predicted octanol–water partition coefficient (Wildman–Crippen LogP) is 3.83. The lowest BCUT2D eigenvalue weighted by atomic mass is 10.6. The van der Waals surface area contributed by atoms with Crippen molar-refractivity contribution in [3.63, 3.8) is 0 Å². The van der Waals surface area contributed by atoms with Gasteiger partial charge in [0.15, 0.2) is 5.12 Å². The van der Waals surface area contributed by atoms with E-state index in [0.29, 0.717) is 19.8 Å². The summed E-state index contributed by atoms with van der Waals surface area (Å²) < 4.78 is 17.5. The van der Waals surface area contributed by atoms with Gasteiger partial charge < -0.3 is 13.3 Å². The molecule has 0 aliphatic carbocycles. The molecule has 0 fully saturated rings. The van der Waals surface area contributed by atoms with Crippen LogP contribution < -0.4 is 0 Å². The SMILES string of the molecule is CCO[Si](CCCSCCCSC(C)=O)(OCC)OCC. The molecule has 0 aliphatic heterocycles. The maximum absolute atomic E-state index is 10.8. The van der Waals surface area contributed by atoms with Crippen LogP contribution in [0.2, 0.25) is 6.04 Å². The molecule has 0 rings (SSSR count). The molecular weight excluding hydrogens is 324 g/mol. The van der Waals surface area contributed by atoms with Crippen molar-refractivity contribution in [2.75, 3.05) is 37.1 Å². The van der Waals surface area contributed by atoms with E-state index in [1.807, 2.05) is 32.5 Å². The van der Waals surface area contributed by atoms with Crippen molar-refractivity contribution >= 4 is 37.4 Å². The van der Waals surface area contributed by atoms with Gasteiger partial charge in [0.2, 0.25) is 0 Å². The topological polar surface area (TPSA) is 44.8 Å². The Morgan fingerprint density at radius 1 is 0.905 bits per heavy atom. The normalized spacial score (nSPS) is 11.8. The van der Waals surface area contributed by atoms with Crippen LogP contribution in [-0.4, -0.2) is 51.0 Å². The van der Waals surface area contributed by atoms with E-state index in [-0.39, 0.29) is 5.12 Å². The van der Waals surface area contributed by atoms with Crippen LogP contribution in [0.15, 0.2) is 0 Å². The summed E-state index contributed by atoms with van der Waals surface area (Å²) in [7, 11) is -2.45. The molecule has 126 valence electrons. The average molecular weight is 355 g/mol. The second-order valence-electron chi connectivity index (χ2n) is 4.39. The Hall–Kier alpha value is 0.467. The fraction of sp³-hybridized carbons (Fsp3) is 0.929. The van der Waals surface area contributed by atoms with Crippen LogP contribution in [0.4, 0.5) is 0 Å². The van der Waals surface area contributed by atoms with E-state index < -0.39 is 8.80 Å². The van der Waals surface area contributed by atoms with Crippen molar-refractivity contribution in [3.8, 4) is 0 Å². The van der Waals surface area contributed by atoms with Crippen LogP contribution in [-0.2, 0) is 18.1 Å². The van der Waals surface area contributed by atoms with E-state index in [0.717, 1.165) is 36.1 Å². The Kier molecular flexibility index (Phi) is 14.4. The summed E-state index contributed by atoms with van der Waals surface area (Å²) in [5, 5.41) is 0.209. The van der Waals surface area contributed by atoms with Crippen molar-refractivity contribution in [2.45, 2.75) is 46.6 Å². The number of hydrogen-bond donors (Lipinski definition) is 0. The first-order chi connectivity index (χ1) is 10.1. The van der Waals surface area contributed by atoms with Gasteiger partial charge in [-0.05, 0) is 45.1 Å². The van der Waals surface area contributed by atoms with Crippen LogP contribution >= 0.6 is 23.5 Å². The summed E-state index contributed by atoms with van der Waals surface area (Å²) in [6.45, 7) is 9.51. The van der Waals surface area contributed by atoms with Gasteiger partial charge in [-0.3, -0.25) is 4.79 Å². The quantitative estimate of drug-likeness (QED) is 0.349. The van der Waals surface area contributed by atoms with Gasteiger partial charge in [-0.25, -0.2) is 0 Å². The second-order valence-corrected chi connectivity index (χ2v) is 9.62. The summed E-state index contributed by atoms with van der Waals surface area (Å²) >= 11 is 3.34. The van der Waals surface area contributed by atoms with Crippen molar-refractivity contribution in [1.29, 1.82) is 0 Å². The van der Waals surface area contributed by atoms with Crippen LogP contribution in [0.3, 0.4) is 0 Å². The van der Waals surface area contributed by atoms with Crippen LogP contribution in [0, 0.1) is 0 Å². The first kappa shape index (κ1) is 21.5. The molecule has 0 aliphatic rings. The van der Waals surface area contributed by atoms with Gasteiger partial charge in [0.05, 0.1) is 0 Å². The van der Waals surface area contributed by atoms with E-state index in [1.165, 1.54) is 11.8 Å². The van der Waals surface area contributed by atoms with E-state index >= 15 is 0 Å². The van der Waals surface area contributed by atoms with E-state index in [1.54, 1.807) is 6.92 Å². The molecule has 0 bridgehead atoms. The first-order valence-corrected chi connectivity index (χ1v) is 11.8. The summed E-state index contributed by atoms with van der Waals surface area (Å²) in [6.07, 6.45) is 2.14. The van der Waals surface area contributed by atoms with Crippen molar-refractivity contribution in [3.05, 3.63) is 0 Å². The van der Waals surface area contributed by atoms with Gasteiger partial charge in [-0.15, -0.1) is 0 Å². The highest BCUT2D eigenvalue weighted by molar-refractivity contribution is 8.13. The lowest BCUT2D eigenvalue weighted by molar-refractivity contribution is -0.109. The van der Waals surface area contributed by atoms with E-state index in [4.69, 9.17) is 13.3 Å². The molecule has 7 heteroatoms. The van der Waals surface area contributed by atoms with Crippen LogP contribution in [0.1, 0.15) is 40.5 Å². The van der Waals surface area contributed by atoms with Gasteiger partial charge in [0.25, 0.3) is 0 Å². The Balaban J connectivity index is 3.83. The molecule has 0 amide bonds. The molecule has 0 aromatic rings. The molecule has 0 N–H and O–H groups in total. The van der Waals surface area contributed by atoms with Gasteiger partial charge in [-0.1, -0.05) is 11.8 Å². The molecular formula is C14H30O4S2Si. The van der Waals surface area contributed by atoms with Crippen LogP contribution in [0.5, 0.6) is 0 Å². The standard InChI is InChI=1S/C14H30O4S2Si/c1-5-16-21(17-6-2,18-7-3)13-9-11-19-10-8-12-20-14(4)15/h5-13H2,1-4H3. The highest BCUT2D eigenvalue weighted by Crippen LogP contribution is 2.20. The lowest BCUT2D eigenvalue weighted by Crippen LogP contribution is -2.46. The minimum Gasteiger partial charge on any atom is -0.374 e. The molecule has 0 saturated heterocycles. The molecule has 0 atom stereocenters. The second kappa shape index (κ2) is 14.1. The molecule has 0 aromatic heterocycles. The maximum atomic E-state index is 10.8. The van der Waals surface area contributed by atoms with Gasteiger partial charge in [0.1, 0.15) is 0 Å². The van der Waals surface area contributed by atoms with Gasteiger partial charge >= 0.3 is 8.80 Å². The summed E-state index contributed by atoms with van der Waals surface area (Å²) in [5.41, 5.74) is 0. The summed E-state index contributed by atoms with van der Waals surface area (Å²) in [5.74, 6) is 3.12. The zero-order chi connectivity index (χ0) is 16.0. The third-order valence-electron chi connectivity index (χ3n) is 2.60. The number of carbonyl (C=O) groups excluding carboxylic acids is 1. The van der Waals surface area contributed by atoms with Crippen molar-refractivity contribution in [2.24, 2.45) is 0 Å². The van der Waals surface area contributed by atoms with Crippen LogP contribution in [0.25, 0.3) is 0 Å². The number of hydrogen-bond acceptors (Lipinski definition) is 6. The zero-order valence-corrected chi connectivity index (χ0v) is 16.4. The molecule has 0 unspecified atom stereocenters. The molecule has 21 heavy (non-hydrogen) atoms. The number of rotatable bonds is 14. The van der Waals surface area contributed by atoms with Crippen molar-refractivity contribution < 1.29 is 18.1 Å². The largest absolute Gasteiger partial charge is 0.500 e. The zero-order valence-electron chi connectivity index (χ0n) is 13.8. The molecule has 0 radical (unpaired) electrons. The fourth-order valence-corrected chi connectivity index (χ4v) is 6.40. The average Bonchev–Trinajstić information content (AvgIpc) is 2.42. The minimum atomic E-state index is -2.45. The Morgan fingerprint density at radius 3 is 1.90 bits per heavy atom. The molecule has 0 aromatic carbocycles. The summed E-state index contributed by atoms with van der Waals surface area (Å²) in [4.78, 5) is 10.8. The molecule has 0 saturated carbocycles. The van der Waals surface area contributed by atoms with Crippen molar-refractivity contribution in [1.82, 2.24) is 0 Å². The number of carbonyl (C=O) groups is 1. The Labute approximate surface area is 139 Å². The highest BCUT2D eigenvalue weighted by Gasteiger charge is 2.39. The van der Waals surface area contributed by atoms with E-state index in [2.05, 4.69) is 0 Å². The Morgan fingerprint density at radius 2 is 1.43 bits per heavy atom.